The molecule has 28 heavy (non-hydrogen) atoms. The van der Waals surface area contributed by atoms with Crippen molar-refractivity contribution in [1.29, 1.82) is 5.26 Å². The highest BCUT2D eigenvalue weighted by Crippen LogP contribution is 2.33. The van der Waals surface area contributed by atoms with E-state index in [9.17, 15) is 10.1 Å². The molecule has 1 atom stereocenters. The van der Waals surface area contributed by atoms with Crippen molar-refractivity contribution in [2.75, 3.05) is 5.32 Å². The molecule has 0 saturated carbocycles. The number of aromatic nitrogens is 1. The number of nitrogens with zero attached hydrogens (tertiary/aromatic N) is 2. The second-order valence-corrected chi connectivity index (χ2v) is 8.45. The van der Waals surface area contributed by atoms with E-state index in [2.05, 4.69) is 11.4 Å². The number of hydrogen-bond acceptors (Lipinski definition) is 4. The van der Waals surface area contributed by atoms with Gasteiger partial charge in [-0.05, 0) is 67.1 Å². The molecule has 3 aromatic rings. The highest BCUT2D eigenvalue weighted by atomic mass is 32.2. The van der Waals surface area contributed by atoms with Gasteiger partial charge in [-0.25, -0.2) is 4.98 Å². The molecule has 140 valence electrons. The molecule has 1 aromatic heterocycles. The molecule has 5 heteroatoms. The fourth-order valence-electron chi connectivity index (χ4n) is 3.69. The number of carbonyl (C=O) groups is 1. The fraction of sp³-hybridized carbons (Fsp3) is 0.261. The molecule has 1 aliphatic carbocycles. The van der Waals surface area contributed by atoms with E-state index in [-0.39, 0.29) is 11.2 Å². The first-order valence-electron chi connectivity index (χ1n) is 9.45. The molecule has 1 aliphatic rings. The van der Waals surface area contributed by atoms with E-state index in [1.165, 1.54) is 17.3 Å². The topological polar surface area (TPSA) is 65.8 Å². The molecular weight excluding hydrogens is 366 g/mol. The van der Waals surface area contributed by atoms with E-state index in [1.807, 2.05) is 56.3 Å². The average Bonchev–Trinajstić information content (AvgIpc) is 3.17. The predicted octanol–water partition coefficient (Wildman–Crippen LogP) is 5.02. The van der Waals surface area contributed by atoms with E-state index in [1.54, 1.807) is 0 Å². The molecule has 1 amide bonds. The molecule has 2 aromatic carbocycles. The third-order valence-corrected chi connectivity index (χ3v) is 6.34. The lowest BCUT2D eigenvalue weighted by Gasteiger charge is -2.15. The van der Waals surface area contributed by atoms with Crippen LogP contribution in [0.1, 0.15) is 35.7 Å². The minimum Gasteiger partial charge on any atom is -0.325 e. The van der Waals surface area contributed by atoms with E-state index in [0.29, 0.717) is 10.6 Å². The van der Waals surface area contributed by atoms with Crippen molar-refractivity contribution in [3.05, 3.63) is 64.8 Å². The number of rotatable bonds is 4. The van der Waals surface area contributed by atoms with Gasteiger partial charge in [-0.15, -0.1) is 0 Å². The monoisotopic (exact) mass is 387 g/mol. The van der Waals surface area contributed by atoms with Crippen LogP contribution in [0.3, 0.4) is 0 Å². The summed E-state index contributed by atoms with van der Waals surface area (Å²) in [5.41, 5.74) is 4.70. The maximum atomic E-state index is 12.7. The molecule has 4 nitrogen and oxygen atoms in total. The van der Waals surface area contributed by atoms with Crippen molar-refractivity contribution < 1.29 is 4.79 Å². The Morgan fingerprint density at radius 3 is 2.79 bits per heavy atom. The largest absolute Gasteiger partial charge is 0.325 e. The number of benzene rings is 2. The molecule has 0 bridgehead atoms. The Labute approximate surface area is 169 Å². The van der Waals surface area contributed by atoms with Crippen LogP contribution >= 0.6 is 11.8 Å². The van der Waals surface area contributed by atoms with Gasteiger partial charge in [0, 0.05) is 11.4 Å². The van der Waals surface area contributed by atoms with Crippen molar-refractivity contribution in [1.82, 2.24) is 4.98 Å². The maximum Gasteiger partial charge on any atom is 0.237 e. The van der Waals surface area contributed by atoms with Crippen LogP contribution < -0.4 is 5.32 Å². The number of nitriles is 1. The van der Waals surface area contributed by atoms with E-state index in [0.717, 1.165) is 47.0 Å². The normalized spacial score (nSPS) is 13.8. The van der Waals surface area contributed by atoms with Gasteiger partial charge in [-0.3, -0.25) is 4.79 Å². The van der Waals surface area contributed by atoms with E-state index < -0.39 is 0 Å². The molecule has 0 saturated heterocycles. The van der Waals surface area contributed by atoms with Gasteiger partial charge in [0.25, 0.3) is 0 Å². The van der Waals surface area contributed by atoms with Gasteiger partial charge < -0.3 is 5.32 Å². The van der Waals surface area contributed by atoms with Crippen molar-refractivity contribution in [2.45, 2.75) is 43.4 Å². The standard InChI is InChI=1S/C23H21N3OS/c1-14-19-8-5-9-21(19)26-23(20(14)13-24)28-15(2)22(27)25-18-11-10-16-6-3-4-7-17(16)12-18/h3-4,6-7,10-12,15H,5,8-9H2,1-2H3,(H,25,27)/t15-/m0/s1. The number of carbonyl (C=O) groups excluding carboxylic acids is 1. The summed E-state index contributed by atoms with van der Waals surface area (Å²) in [5, 5.41) is 15.1. The number of thioether (sulfide) groups is 1. The zero-order valence-corrected chi connectivity index (χ0v) is 16.8. The van der Waals surface area contributed by atoms with E-state index >= 15 is 0 Å². The van der Waals surface area contributed by atoms with Crippen LogP contribution in [0.15, 0.2) is 47.5 Å². The Morgan fingerprint density at radius 1 is 1.21 bits per heavy atom. The molecule has 1 N–H and O–H groups in total. The lowest BCUT2D eigenvalue weighted by molar-refractivity contribution is -0.115. The Kier molecular flexibility index (Phi) is 5.06. The van der Waals surface area contributed by atoms with Crippen molar-refractivity contribution in [3.63, 3.8) is 0 Å². The minimum atomic E-state index is -0.357. The quantitative estimate of drug-likeness (QED) is 0.638. The summed E-state index contributed by atoms with van der Waals surface area (Å²) in [7, 11) is 0. The molecule has 4 rings (SSSR count). The lowest BCUT2D eigenvalue weighted by Crippen LogP contribution is -2.22. The molecule has 0 aliphatic heterocycles. The van der Waals surface area contributed by atoms with Gasteiger partial charge in [0.2, 0.25) is 5.91 Å². The first-order chi connectivity index (χ1) is 13.6. The summed E-state index contributed by atoms with van der Waals surface area (Å²) < 4.78 is 0. The summed E-state index contributed by atoms with van der Waals surface area (Å²) in [6.07, 6.45) is 3.03. The summed E-state index contributed by atoms with van der Waals surface area (Å²) in [6, 6.07) is 16.2. The summed E-state index contributed by atoms with van der Waals surface area (Å²) in [6.45, 7) is 3.85. The zero-order chi connectivity index (χ0) is 19.7. The van der Waals surface area contributed by atoms with Crippen LogP contribution in [0.5, 0.6) is 0 Å². The molecule has 0 radical (unpaired) electrons. The number of anilines is 1. The Morgan fingerprint density at radius 2 is 2.00 bits per heavy atom. The van der Waals surface area contributed by atoms with Crippen molar-refractivity contribution in [2.24, 2.45) is 0 Å². The molecule has 1 heterocycles. The molecule has 0 unspecified atom stereocenters. The van der Waals surface area contributed by atoms with Crippen LogP contribution in [0.4, 0.5) is 5.69 Å². The van der Waals surface area contributed by atoms with Gasteiger partial charge in [0.1, 0.15) is 11.1 Å². The van der Waals surface area contributed by atoms with Crippen molar-refractivity contribution in [3.8, 4) is 6.07 Å². The number of pyridine rings is 1. The third-order valence-electron chi connectivity index (χ3n) is 5.25. The maximum absolute atomic E-state index is 12.7. The smallest absolute Gasteiger partial charge is 0.237 e. The van der Waals surface area contributed by atoms with E-state index in [4.69, 9.17) is 4.98 Å². The lowest BCUT2D eigenvalue weighted by atomic mass is 10.0. The molecule has 0 spiro atoms. The van der Waals surface area contributed by atoms with Gasteiger partial charge in [0.15, 0.2) is 0 Å². The second kappa shape index (κ2) is 7.65. The number of hydrogen-bond donors (Lipinski definition) is 1. The van der Waals surface area contributed by atoms with Gasteiger partial charge >= 0.3 is 0 Å². The number of fused-ring (bicyclic) bond motifs is 2. The van der Waals surface area contributed by atoms with Gasteiger partial charge in [0.05, 0.1) is 10.8 Å². The van der Waals surface area contributed by atoms with Gasteiger partial charge in [-0.2, -0.15) is 5.26 Å². The highest BCUT2D eigenvalue weighted by Gasteiger charge is 2.24. The molecule has 0 fully saturated rings. The first kappa shape index (κ1) is 18.5. The Hall–Kier alpha value is -2.84. The zero-order valence-electron chi connectivity index (χ0n) is 16.0. The fourth-order valence-corrected chi connectivity index (χ4v) is 4.67. The SMILES string of the molecule is Cc1c(C#N)c(S[C@@H](C)C(=O)Nc2ccc3ccccc3c2)nc2c1CCC2. The number of nitrogens with one attached hydrogen (secondary N) is 1. The van der Waals surface area contributed by atoms with Crippen LogP contribution in [0, 0.1) is 18.3 Å². The van der Waals surface area contributed by atoms with Crippen LogP contribution in [0.25, 0.3) is 10.8 Å². The van der Waals surface area contributed by atoms with Crippen LogP contribution in [0.2, 0.25) is 0 Å². The predicted molar refractivity (Wildman–Crippen MR) is 114 cm³/mol. The highest BCUT2D eigenvalue weighted by molar-refractivity contribution is 8.00. The molecular formula is C23H21N3OS. The summed E-state index contributed by atoms with van der Waals surface area (Å²) >= 11 is 1.36. The number of amides is 1. The summed E-state index contributed by atoms with van der Waals surface area (Å²) in [5.74, 6) is -0.0934. The first-order valence-corrected chi connectivity index (χ1v) is 10.3. The Balaban J connectivity index is 1.53. The third kappa shape index (κ3) is 3.48. The van der Waals surface area contributed by atoms with Crippen LogP contribution in [-0.2, 0) is 17.6 Å². The Bertz CT molecular complexity index is 1120. The summed E-state index contributed by atoms with van der Waals surface area (Å²) in [4.78, 5) is 17.4. The second-order valence-electron chi connectivity index (χ2n) is 7.12. The van der Waals surface area contributed by atoms with Crippen LogP contribution in [-0.4, -0.2) is 16.1 Å². The average molecular weight is 388 g/mol. The minimum absolute atomic E-state index is 0.0934. The van der Waals surface area contributed by atoms with Gasteiger partial charge in [-0.1, -0.05) is 42.1 Å². The van der Waals surface area contributed by atoms with Crippen molar-refractivity contribution >= 4 is 34.1 Å². The number of aryl methyl sites for hydroxylation is 1.